The molecule has 2 heterocycles. The van der Waals surface area contributed by atoms with Gasteiger partial charge in [0.15, 0.2) is 0 Å². The lowest BCUT2D eigenvalue weighted by Crippen LogP contribution is -2.47. The van der Waals surface area contributed by atoms with Gasteiger partial charge in [-0.15, -0.1) is 0 Å². The van der Waals surface area contributed by atoms with Crippen molar-refractivity contribution in [2.45, 2.75) is 39.5 Å². The van der Waals surface area contributed by atoms with Crippen molar-refractivity contribution in [1.82, 2.24) is 10.2 Å². The molecular weight excluding hydrogens is 256 g/mol. The Morgan fingerprint density at radius 3 is 2.30 bits per heavy atom. The topological polar surface area (TPSA) is 69.6 Å². The summed E-state index contributed by atoms with van der Waals surface area (Å²) >= 11 is 0. The number of hydrogen-bond donors (Lipinski definition) is 2. The Morgan fingerprint density at radius 2 is 1.90 bits per heavy atom. The highest BCUT2D eigenvalue weighted by atomic mass is 16.4. The van der Waals surface area contributed by atoms with Crippen LogP contribution >= 0.6 is 0 Å². The molecule has 2 N–H and O–H groups in total. The van der Waals surface area contributed by atoms with Crippen molar-refractivity contribution >= 4 is 11.9 Å². The SMILES string of the molecule is CCCC1(C(=O)O)CCN(C(=O)C(C)=C2CNC2)CC1. The van der Waals surface area contributed by atoms with Gasteiger partial charge in [-0.05, 0) is 31.8 Å². The minimum absolute atomic E-state index is 0.0805. The van der Waals surface area contributed by atoms with Gasteiger partial charge in [-0.2, -0.15) is 0 Å². The zero-order valence-corrected chi connectivity index (χ0v) is 12.4. The highest BCUT2D eigenvalue weighted by Crippen LogP contribution is 2.36. The van der Waals surface area contributed by atoms with Crippen LogP contribution in [0.2, 0.25) is 0 Å². The van der Waals surface area contributed by atoms with Crippen molar-refractivity contribution in [2.75, 3.05) is 26.2 Å². The first-order chi connectivity index (χ1) is 9.50. The molecule has 112 valence electrons. The molecule has 2 aliphatic heterocycles. The fourth-order valence-electron chi connectivity index (χ4n) is 3.09. The van der Waals surface area contributed by atoms with Crippen LogP contribution in [0.15, 0.2) is 11.1 Å². The van der Waals surface area contributed by atoms with E-state index in [-0.39, 0.29) is 5.91 Å². The summed E-state index contributed by atoms with van der Waals surface area (Å²) < 4.78 is 0. The summed E-state index contributed by atoms with van der Waals surface area (Å²) in [5, 5.41) is 12.6. The van der Waals surface area contributed by atoms with Crippen molar-refractivity contribution in [1.29, 1.82) is 0 Å². The number of hydrogen-bond acceptors (Lipinski definition) is 3. The van der Waals surface area contributed by atoms with E-state index in [0.717, 1.165) is 25.1 Å². The van der Waals surface area contributed by atoms with Crippen LogP contribution in [0.3, 0.4) is 0 Å². The Morgan fingerprint density at radius 1 is 1.30 bits per heavy atom. The highest BCUT2D eigenvalue weighted by Gasteiger charge is 2.41. The highest BCUT2D eigenvalue weighted by molar-refractivity contribution is 5.94. The van der Waals surface area contributed by atoms with Crippen molar-refractivity contribution in [3.8, 4) is 0 Å². The van der Waals surface area contributed by atoms with E-state index in [9.17, 15) is 14.7 Å². The van der Waals surface area contributed by atoms with E-state index in [2.05, 4.69) is 5.32 Å². The van der Waals surface area contributed by atoms with Crippen LogP contribution in [0, 0.1) is 5.41 Å². The Labute approximate surface area is 120 Å². The molecule has 0 saturated carbocycles. The Kier molecular flexibility index (Phi) is 4.48. The number of aliphatic carboxylic acids is 1. The minimum atomic E-state index is -0.704. The zero-order valence-electron chi connectivity index (χ0n) is 12.4. The molecule has 2 fully saturated rings. The van der Waals surface area contributed by atoms with E-state index in [0.29, 0.717) is 32.4 Å². The lowest BCUT2D eigenvalue weighted by Gasteiger charge is -2.39. The largest absolute Gasteiger partial charge is 0.481 e. The van der Waals surface area contributed by atoms with Crippen molar-refractivity contribution in [3.05, 3.63) is 11.1 Å². The standard InChI is InChI=1S/C15H24N2O3/c1-3-4-15(14(19)20)5-7-17(8-6-15)13(18)11(2)12-9-16-10-12/h16H,3-10H2,1-2H3,(H,19,20). The molecule has 0 bridgehead atoms. The number of carbonyl (C=O) groups is 2. The molecule has 0 atom stereocenters. The fourth-order valence-corrected chi connectivity index (χ4v) is 3.09. The summed E-state index contributed by atoms with van der Waals surface area (Å²) in [5.74, 6) is -0.623. The van der Waals surface area contributed by atoms with Gasteiger partial charge >= 0.3 is 5.97 Å². The van der Waals surface area contributed by atoms with Gasteiger partial charge in [-0.25, -0.2) is 0 Å². The predicted octanol–water partition coefficient (Wildman–Crippen LogP) is 1.40. The van der Waals surface area contributed by atoms with Gasteiger partial charge in [0.25, 0.3) is 0 Å². The van der Waals surface area contributed by atoms with Crippen LogP contribution in [0.1, 0.15) is 39.5 Å². The summed E-state index contributed by atoms with van der Waals surface area (Å²) in [7, 11) is 0. The number of nitrogens with one attached hydrogen (secondary N) is 1. The van der Waals surface area contributed by atoms with E-state index < -0.39 is 11.4 Å². The van der Waals surface area contributed by atoms with Gasteiger partial charge in [0.2, 0.25) is 5.91 Å². The molecule has 5 heteroatoms. The van der Waals surface area contributed by atoms with Gasteiger partial charge in [0.05, 0.1) is 5.41 Å². The molecule has 1 amide bonds. The maximum absolute atomic E-state index is 12.4. The van der Waals surface area contributed by atoms with E-state index in [1.54, 1.807) is 0 Å². The van der Waals surface area contributed by atoms with Gasteiger partial charge < -0.3 is 15.3 Å². The molecule has 0 unspecified atom stereocenters. The third kappa shape index (κ3) is 2.73. The van der Waals surface area contributed by atoms with Crippen LogP contribution in [0.5, 0.6) is 0 Å². The zero-order chi connectivity index (χ0) is 14.8. The molecule has 0 aliphatic carbocycles. The van der Waals surface area contributed by atoms with E-state index in [1.807, 2.05) is 18.7 Å². The molecule has 2 rings (SSSR count). The maximum atomic E-state index is 12.4. The third-order valence-electron chi connectivity index (χ3n) is 4.72. The first-order valence-corrected chi connectivity index (χ1v) is 7.42. The van der Waals surface area contributed by atoms with E-state index in [4.69, 9.17) is 0 Å². The number of likely N-dealkylation sites (tertiary alicyclic amines) is 1. The summed E-state index contributed by atoms with van der Waals surface area (Å²) in [4.78, 5) is 25.7. The quantitative estimate of drug-likeness (QED) is 0.764. The normalized spacial score (nSPS) is 21.3. The molecule has 0 aromatic heterocycles. The van der Waals surface area contributed by atoms with Crippen LogP contribution < -0.4 is 5.32 Å². The molecule has 0 aromatic rings. The molecule has 0 spiro atoms. The van der Waals surface area contributed by atoms with Gasteiger partial charge in [-0.1, -0.05) is 13.3 Å². The summed E-state index contributed by atoms with van der Waals surface area (Å²) in [6, 6.07) is 0. The first-order valence-electron chi connectivity index (χ1n) is 7.42. The smallest absolute Gasteiger partial charge is 0.309 e. The number of amides is 1. The number of carboxylic acid groups (broad SMARTS) is 1. The van der Waals surface area contributed by atoms with E-state index in [1.165, 1.54) is 5.57 Å². The second-order valence-electron chi connectivity index (χ2n) is 5.96. The van der Waals surface area contributed by atoms with Crippen LogP contribution in [-0.2, 0) is 9.59 Å². The number of carboxylic acids is 1. The average molecular weight is 280 g/mol. The molecule has 0 radical (unpaired) electrons. The first kappa shape index (κ1) is 15.0. The van der Waals surface area contributed by atoms with Crippen LogP contribution in [0.25, 0.3) is 0 Å². The lowest BCUT2D eigenvalue weighted by atomic mass is 9.75. The Hall–Kier alpha value is -1.36. The monoisotopic (exact) mass is 280 g/mol. The lowest BCUT2D eigenvalue weighted by molar-refractivity contribution is -0.154. The Bertz CT molecular complexity index is 428. The maximum Gasteiger partial charge on any atom is 0.309 e. The fraction of sp³-hybridized carbons (Fsp3) is 0.733. The van der Waals surface area contributed by atoms with Crippen LogP contribution in [0.4, 0.5) is 0 Å². The van der Waals surface area contributed by atoms with Gasteiger partial charge in [0.1, 0.15) is 0 Å². The average Bonchev–Trinajstić information content (AvgIpc) is 2.36. The second kappa shape index (κ2) is 5.95. The van der Waals surface area contributed by atoms with Crippen molar-refractivity contribution in [3.63, 3.8) is 0 Å². The molecule has 0 aromatic carbocycles. The Balaban J connectivity index is 2.00. The predicted molar refractivity (Wildman–Crippen MR) is 76.4 cm³/mol. The minimum Gasteiger partial charge on any atom is -0.481 e. The molecule has 20 heavy (non-hydrogen) atoms. The van der Waals surface area contributed by atoms with Gasteiger partial charge in [0, 0.05) is 31.8 Å². The number of rotatable bonds is 4. The third-order valence-corrected chi connectivity index (χ3v) is 4.72. The summed E-state index contributed by atoms with van der Waals surface area (Å²) in [6.45, 7) is 6.62. The molecule has 2 saturated heterocycles. The summed E-state index contributed by atoms with van der Waals surface area (Å²) in [5.41, 5.74) is 1.39. The van der Waals surface area contributed by atoms with Crippen molar-refractivity contribution in [2.24, 2.45) is 5.41 Å². The number of nitrogens with zero attached hydrogens (tertiary/aromatic N) is 1. The van der Waals surface area contributed by atoms with Gasteiger partial charge in [-0.3, -0.25) is 9.59 Å². The second-order valence-corrected chi connectivity index (χ2v) is 5.96. The van der Waals surface area contributed by atoms with E-state index >= 15 is 0 Å². The number of piperidine rings is 1. The van der Waals surface area contributed by atoms with Crippen LogP contribution in [-0.4, -0.2) is 48.1 Å². The summed E-state index contributed by atoms with van der Waals surface area (Å²) in [6.07, 6.45) is 2.72. The van der Waals surface area contributed by atoms with Crippen molar-refractivity contribution < 1.29 is 14.7 Å². The molecule has 5 nitrogen and oxygen atoms in total. The number of carbonyl (C=O) groups excluding carboxylic acids is 1. The molecular formula is C15H24N2O3. The molecule has 2 aliphatic rings.